The van der Waals surface area contributed by atoms with Gasteiger partial charge >= 0.3 is 0 Å². The normalized spacial score (nSPS) is 12.7. The quantitative estimate of drug-likeness (QED) is 0.711. The van der Waals surface area contributed by atoms with Crippen LogP contribution < -0.4 is 10.1 Å². The van der Waals surface area contributed by atoms with Crippen LogP contribution in [-0.4, -0.2) is 45.1 Å². The number of ether oxygens (including phenoxy) is 1. The van der Waals surface area contributed by atoms with E-state index in [0.717, 1.165) is 14.8 Å². The smallest absolute Gasteiger partial charge is 0.242 e. The molecule has 0 fully saturated rings. The van der Waals surface area contributed by atoms with E-state index in [1.165, 1.54) is 51.2 Å². The lowest BCUT2D eigenvalue weighted by atomic mass is 10.2. The number of methoxy groups -OCH3 is 1. The summed E-state index contributed by atoms with van der Waals surface area (Å²) < 4.78 is 31.1. The van der Waals surface area contributed by atoms with Gasteiger partial charge in [0, 0.05) is 19.0 Å². The van der Waals surface area contributed by atoms with Crippen molar-refractivity contribution in [3.63, 3.8) is 0 Å². The molecule has 0 radical (unpaired) electrons. The van der Waals surface area contributed by atoms with Crippen LogP contribution in [0.2, 0.25) is 0 Å². The maximum absolute atomic E-state index is 12.6. The first-order valence-electron chi connectivity index (χ1n) is 8.30. The fourth-order valence-electron chi connectivity index (χ4n) is 2.26. The number of benzene rings is 2. The molecule has 0 bridgehead atoms. The Balaban J connectivity index is 2.21. The summed E-state index contributed by atoms with van der Waals surface area (Å²) >= 11 is 1.43. The molecule has 2 aromatic carbocycles. The average molecular weight is 409 g/mol. The molecule has 8 heteroatoms. The Bertz CT molecular complexity index is 910. The molecule has 6 nitrogen and oxygen atoms in total. The summed E-state index contributed by atoms with van der Waals surface area (Å²) in [4.78, 5) is 13.7. The number of hydrogen-bond donors (Lipinski definition) is 1. The number of nitrogens with one attached hydrogen (secondary N) is 1. The first-order valence-corrected chi connectivity index (χ1v) is 10.6. The van der Waals surface area contributed by atoms with E-state index in [4.69, 9.17) is 4.74 Å². The van der Waals surface area contributed by atoms with Crippen molar-refractivity contribution in [2.45, 2.75) is 28.9 Å². The molecule has 2 aromatic rings. The second kappa shape index (κ2) is 8.77. The van der Waals surface area contributed by atoms with E-state index in [2.05, 4.69) is 5.32 Å². The van der Waals surface area contributed by atoms with Gasteiger partial charge < -0.3 is 10.1 Å². The van der Waals surface area contributed by atoms with Crippen molar-refractivity contribution in [2.24, 2.45) is 0 Å². The zero-order valence-corrected chi connectivity index (χ0v) is 17.6. The monoisotopic (exact) mass is 408 g/mol. The maximum atomic E-state index is 12.6. The number of aryl methyl sites for hydroxylation is 1. The number of hydrogen-bond acceptors (Lipinski definition) is 5. The fourth-order valence-corrected chi connectivity index (χ4v) is 4.06. The lowest BCUT2D eigenvalue weighted by molar-refractivity contribution is -0.115. The molecule has 0 aliphatic rings. The summed E-state index contributed by atoms with van der Waals surface area (Å²) in [5.74, 6) is 0.159. The van der Waals surface area contributed by atoms with Crippen molar-refractivity contribution in [1.82, 2.24) is 4.31 Å². The Morgan fingerprint density at radius 2 is 1.78 bits per heavy atom. The van der Waals surface area contributed by atoms with Crippen LogP contribution in [0, 0.1) is 6.92 Å². The highest BCUT2D eigenvalue weighted by Crippen LogP contribution is 2.30. The molecule has 1 atom stereocenters. The molecule has 1 amide bonds. The minimum absolute atomic E-state index is 0.0856. The third-order valence-electron chi connectivity index (χ3n) is 3.91. The maximum Gasteiger partial charge on any atom is 0.242 e. The molecule has 146 valence electrons. The van der Waals surface area contributed by atoms with Crippen molar-refractivity contribution in [3.05, 3.63) is 48.0 Å². The minimum atomic E-state index is -3.61. The zero-order valence-electron chi connectivity index (χ0n) is 16.0. The van der Waals surface area contributed by atoms with Crippen LogP contribution in [0.25, 0.3) is 0 Å². The van der Waals surface area contributed by atoms with E-state index in [0.29, 0.717) is 11.4 Å². The number of anilines is 1. The van der Waals surface area contributed by atoms with Gasteiger partial charge in [0.2, 0.25) is 15.9 Å². The Morgan fingerprint density at radius 1 is 1.15 bits per heavy atom. The molecular formula is C19H24N2O4S2. The summed E-state index contributed by atoms with van der Waals surface area (Å²) in [5, 5.41) is 2.41. The predicted octanol–water partition coefficient (Wildman–Crippen LogP) is 3.37. The van der Waals surface area contributed by atoms with Crippen LogP contribution in [-0.2, 0) is 14.8 Å². The van der Waals surface area contributed by atoms with Crippen LogP contribution in [0.5, 0.6) is 5.75 Å². The highest BCUT2D eigenvalue weighted by Gasteiger charge is 2.21. The van der Waals surface area contributed by atoms with Crippen LogP contribution >= 0.6 is 11.8 Å². The number of thioether (sulfide) groups is 1. The second-order valence-electron chi connectivity index (χ2n) is 6.21. The Hall–Kier alpha value is -2.03. The van der Waals surface area contributed by atoms with Crippen molar-refractivity contribution >= 4 is 33.4 Å². The molecule has 27 heavy (non-hydrogen) atoms. The van der Waals surface area contributed by atoms with E-state index in [1.54, 1.807) is 6.92 Å². The van der Waals surface area contributed by atoms with E-state index in [-0.39, 0.29) is 16.1 Å². The summed E-state index contributed by atoms with van der Waals surface area (Å²) in [7, 11) is 0.769. The third-order valence-corrected chi connectivity index (χ3v) is 6.83. The van der Waals surface area contributed by atoms with E-state index < -0.39 is 10.0 Å². The number of carbonyl (C=O) groups is 1. The molecule has 0 heterocycles. The Morgan fingerprint density at radius 3 is 2.33 bits per heavy atom. The number of rotatable bonds is 7. The van der Waals surface area contributed by atoms with Gasteiger partial charge in [-0.3, -0.25) is 4.79 Å². The molecule has 0 aromatic heterocycles. The molecule has 0 saturated carbocycles. The first kappa shape index (κ1) is 21.3. The van der Waals surface area contributed by atoms with Gasteiger partial charge in [-0.15, -0.1) is 11.8 Å². The summed E-state index contributed by atoms with van der Waals surface area (Å²) in [6.45, 7) is 3.80. The van der Waals surface area contributed by atoms with Gasteiger partial charge in [0.05, 0.1) is 22.9 Å². The van der Waals surface area contributed by atoms with E-state index >= 15 is 0 Å². The highest BCUT2D eigenvalue weighted by molar-refractivity contribution is 8.00. The van der Waals surface area contributed by atoms with Gasteiger partial charge in [0.1, 0.15) is 5.75 Å². The van der Waals surface area contributed by atoms with Crippen molar-refractivity contribution in [2.75, 3.05) is 26.5 Å². The highest BCUT2D eigenvalue weighted by atomic mass is 32.2. The lowest BCUT2D eigenvalue weighted by Gasteiger charge is -2.17. The Kier molecular flexibility index (Phi) is 6.91. The molecule has 0 spiro atoms. The largest absolute Gasteiger partial charge is 0.495 e. The zero-order chi connectivity index (χ0) is 20.2. The summed E-state index contributed by atoms with van der Waals surface area (Å²) in [5.41, 5.74) is 1.47. The van der Waals surface area contributed by atoms with E-state index in [9.17, 15) is 13.2 Å². The van der Waals surface area contributed by atoms with Crippen LogP contribution in [0.15, 0.2) is 52.3 Å². The number of carbonyl (C=O) groups excluding carboxylic acids is 1. The van der Waals surface area contributed by atoms with Gasteiger partial charge in [0.15, 0.2) is 0 Å². The fraction of sp³-hybridized carbons (Fsp3) is 0.316. The van der Waals surface area contributed by atoms with Crippen molar-refractivity contribution < 1.29 is 17.9 Å². The van der Waals surface area contributed by atoms with Gasteiger partial charge in [0.25, 0.3) is 0 Å². The van der Waals surface area contributed by atoms with Gasteiger partial charge in [-0.25, -0.2) is 12.7 Å². The number of nitrogens with zero attached hydrogens (tertiary/aromatic N) is 1. The minimum Gasteiger partial charge on any atom is -0.495 e. The standard InChI is InChI=1S/C19H24N2O4S2/c1-13-6-8-15(9-7-13)26-14(2)19(22)20-17-12-16(10-11-18(17)25-5)27(23,24)21(3)4/h6-12,14H,1-5H3,(H,20,22)/t14-/m1/s1. The van der Waals surface area contributed by atoms with E-state index in [1.807, 2.05) is 31.2 Å². The van der Waals surface area contributed by atoms with Crippen LogP contribution in [0.4, 0.5) is 5.69 Å². The molecule has 0 unspecified atom stereocenters. The summed E-state index contributed by atoms with van der Waals surface area (Å²) in [6, 6.07) is 12.3. The van der Waals surface area contributed by atoms with Crippen LogP contribution in [0.3, 0.4) is 0 Å². The number of amides is 1. The van der Waals surface area contributed by atoms with Gasteiger partial charge in [-0.05, 0) is 44.2 Å². The second-order valence-corrected chi connectivity index (χ2v) is 9.78. The molecule has 0 aliphatic carbocycles. The van der Waals surface area contributed by atoms with Crippen LogP contribution in [0.1, 0.15) is 12.5 Å². The van der Waals surface area contributed by atoms with Gasteiger partial charge in [-0.2, -0.15) is 0 Å². The molecular weight excluding hydrogens is 384 g/mol. The molecule has 2 rings (SSSR count). The lowest BCUT2D eigenvalue weighted by Crippen LogP contribution is -2.24. The van der Waals surface area contributed by atoms with Gasteiger partial charge in [-0.1, -0.05) is 17.7 Å². The predicted molar refractivity (Wildman–Crippen MR) is 109 cm³/mol. The first-order chi connectivity index (χ1) is 12.6. The van der Waals surface area contributed by atoms with Crippen molar-refractivity contribution in [1.29, 1.82) is 0 Å². The molecule has 0 saturated heterocycles. The Labute approximate surface area is 165 Å². The number of sulfonamides is 1. The third kappa shape index (κ3) is 5.24. The SMILES string of the molecule is COc1ccc(S(=O)(=O)N(C)C)cc1NC(=O)[C@@H](C)Sc1ccc(C)cc1. The van der Waals surface area contributed by atoms with Crippen molar-refractivity contribution in [3.8, 4) is 5.75 Å². The summed E-state index contributed by atoms with van der Waals surface area (Å²) in [6.07, 6.45) is 0. The average Bonchev–Trinajstić information content (AvgIpc) is 2.63. The molecule has 0 aliphatic heterocycles. The topological polar surface area (TPSA) is 75.7 Å². The molecule has 1 N–H and O–H groups in total.